The topological polar surface area (TPSA) is 83.5 Å². The lowest BCUT2D eigenvalue weighted by molar-refractivity contribution is 0.0815. The summed E-state index contributed by atoms with van der Waals surface area (Å²) < 4.78 is 5.18. The van der Waals surface area contributed by atoms with Crippen LogP contribution in [-0.2, 0) is 6.54 Å². The van der Waals surface area contributed by atoms with Gasteiger partial charge in [0.15, 0.2) is 0 Å². The number of hydrogen-bond donors (Lipinski definition) is 1. The Kier molecular flexibility index (Phi) is 6.32. The predicted molar refractivity (Wildman–Crippen MR) is 113 cm³/mol. The van der Waals surface area contributed by atoms with Crippen LogP contribution in [0.1, 0.15) is 39.4 Å². The van der Waals surface area contributed by atoms with Gasteiger partial charge < -0.3 is 19.9 Å². The molecule has 0 bridgehead atoms. The Hall–Kier alpha value is -2.74. The van der Waals surface area contributed by atoms with Gasteiger partial charge in [0, 0.05) is 63.3 Å². The van der Waals surface area contributed by atoms with Crippen LogP contribution in [0.3, 0.4) is 0 Å². The maximum absolute atomic E-state index is 12.3. The third kappa shape index (κ3) is 4.64. The average Bonchev–Trinajstić information content (AvgIpc) is 3.17. The van der Waals surface area contributed by atoms with Crippen molar-refractivity contribution in [1.29, 1.82) is 0 Å². The average molecular weight is 399 g/mol. The first-order valence-corrected chi connectivity index (χ1v) is 9.85. The lowest BCUT2D eigenvalue weighted by Gasteiger charge is -2.22. The molecule has 1 fully saturated rings. The Balaban J connectivity index is 1.68. The van der Waals surface area contributed by atoms with Crippen LogP contribution in [-0.4, -0.2) is 66.1 Å². The summed E-state index contributed by atoms with van der Waals surface area (Å²) in [4.78, 5) is 29.4. The molecule has 1 amide bonds. The van der Waals surface area contributed by atoms with Crippen LogP contribution in [0.15, 0.2) is 12.3 Å². The number of aryl methyl sites for hydroxylation is 2. The van der Waals surface area contributed by atoms with E-state index in [0.717, 1.165) is 54.3 Å². The van der Waals surface area contributed by atoms with Crippen LogP contribution in [0.25, 0.3) is 0 Å². The second kappa shape index (κ2) is 8.73. The SMILES string of the molecule is COc1cc(C)c(CN[C@@H]2CCN(c3nc(C(=O)N(C)C)nc(C)c3C)C2)cn1. The first-order valence-electron chi connectivity index (χ1n) is 9.85. The fourth-order valence-corrected chi connectivity index (χ4v) is 3.45. The molecule has 0 spiro atoms. The van der Waals surface area contributed by atoms with Gasteiger partial charge in [-0.3, -0.25) is 4.79 Å². The Bertz CT molecular complexity index is 899. The number of amides is 1. The molecule has 3 rings (SSSR count). The summed E-state index contributed by atoms with van der Waals surface area (Å²) in [5, 5.41) is 3.62. The lowest BCUT2D eigenvalue weighted by Crippen LogP contribution is -2.33. The number of methoxy groups -OCH3 is 1. The molecule has 156 valence electrons. The normalized spacial score (nSPS) is 16.2. The van der Waals surface area contributed by atoms with E-state index in [-0.39, 0.29) is 11.7 Å². The lowest BCUT2D eigenvalue weighted by atomic mass is 10.1. The predicted octanol–water partition coefficient (Wildman–Crippen LogP) is 1.88. The van der Waals surface area contributed by atoms with Crippen molar-refractivity contribution < 1.29 is 9.53 Å². The molecule has 1 aliphatic rings. The molecular formula is C21H30N6O2. The monoisotopic (exact) mass is 398 g/mol. The molecular weight excluding hydrogens is 368 g/mol. The summed E-state index contributed by atoms with van der Waals surface area (Å²) >= 11 is 0. The molecule has 1 saturated heterocycles. The highest BCUT2D eigenvalue weighted by Crippen LogP contribution is 2.24. The number of carbonyl (C=O) groups excluding carboxylic acids is 1. The summed E-state index contributed by atoms with van der Waals surface area (Å²) in [5.41, 5.74) is 4.19. The van der Waals surface area contributed by atoms with Gasteiger partial charge in [-0.15, -0.1) is 0 Å². The molecule has 29 heavy (non-hydrogen) atoms. The zero-order valence-electron chi connectivity index (χ0n) is 18.1. The number of ether oxygens (including phenoxy) is 1. The largest absolute Gasteiger partial charge is 0.481 e. The van der Waals surface area contributed by atoms with E-state index in [0.29, 0.717) is 11.9 Å². The van der Waals surface area contributed by atoms with E-state index < -0.39 is 0 Å². The van der Waals surface area contributed by atoms with Crippen molar-refractivity contribution in [2.24, 2.45) is 0 Å². The van der Waals surface area contributed by atoms with Crippen molar-refractivity contribution in [2.75, 3.05) is 39.2 Å². The van der Waals surface area contributed by atoms with Crippen molar-refractivity contribution in [1.82, 2.24) is 25.2 Å². The molecule has 1 aliphatic heterocycles. The highest BCUT2D eigenvalue weighted by Gasteiger charge is 2.26. The fourth-order valence-electron chi connectivity index (χ4n) is 3.45. The number of rotatable bonds is 6. The molecule has 8 heteroatoms. The molecule has 2 aromatic rings. The van der Waals surface area contributed by atoms with Gasteiger partial charge in [-0.25, -0.2) is 15.0 Å². The van der Waals surface area contributed by atoms with E-state index in [9.17, 15) is 4.79 Å². The molecule has 0 unspecified atom stereocenters. The molecule has 1 N–H and O–H groups in total. The maximum Gasteiger partial charge on any atom is 0.291 e. The van der Waals surface area contributed by atoms with Crippen LogP contribution in [0.5, 0.6) is 5.88 Å². The minimum Gasteiger partial charge on any atom is -0.481 e. The molecule has 0 saturated carbocycles. The minimum atomic E-state index is -0.175. The van der Waals surface area contributed by atoms with Crippen LogP contribution >= 0.6 is 0 Å². The van der Waals surface area contributed by atoms with Gasteiger partial charge in [-0.2, -0.15) is 0 Å². The summed E-state index contributed by atoms with van der Waals surface area (Å²) in [5.74, 6) is 1.57. The Morgan fingerprint density at radius 1 is 1.31 bits per heavy atom. The Morgan fingerprint density at radius 2 is 2.07 bits per heavy atom. The molecule has 3 heterocycles. The summed E-state index contributed by atoms with van der Waals surface area (Å²) in [6.07, 6.45) is 2.88. The second-order valence-electron chi connectivity index (χ2n) is 7.75. The van der Waals surface area contributed by atoms with Crippen molar-refractivity contribution >= 4 is 11.7 Å². The zero-order valence-corrected chi connectivity index (χ0v) is 18.1. The number of pyridine rings is 1. The van der Waals surface area contributed by atoms with Crippen molar-refractivity contribution in [3.63, 3.8) is 0 Å². The maximum atomic E-state index is 12.3. The fraction of sp³-hybridized carbons (Fsp3) is 0.524. The summed E-state index contributed by atoms with van der Waals surface area (Å²) in [7, 11) is 5.06. The van der Waals surface area contributed by atoms with Gasteiger partial charge in [0.1, 0.15) is 5.82 Å². The first kappa shape index (κ1) is 21.0. The van der Waals surface area contributed by atoms with Gasteiger partial charge >= 0.3 is 0 Å². The van der Waals surface area contributed by atoms with E-state index in [1.165, 1.54) is 4.90 Å². The quantitative estimate of drug-likeness (QED) is 0.795. The van der Waals surface area contributed by atoms with E-state index >= 15 is 0 Å². The van der Waals surface area contributed by atoms with Crippen LogP contribution < -0.4 is 15.0 Å². The summed E-state index contributed by atoms with van der Waals surface area (Å²) in [6.45, 7) is 8.51. The standard InChI is InChI=1S/C21H30N6O2/c1-13-9-18(29-6)23-11-16(13)10-22-17-7-8-27(12-17)20-14(2)15(3)24-19(25-20)21(28)26(4)5/h9,11,17,22H,7-8,10,12H2,1-6H3/t17-/m1/s1. The van der Waals surface area contributed by atoms with Gasteiger partial charge in [-0.1, -0.05) is 0 Å². The third-order valence-corrected chi connectivity index (χ3v) is 5.43. The van der Waals surface area contributed by atoms with Crippen LogP contribution in [0.2, 0.25) is 0 Å². The number of hydrogen-bond acceptors (Lipinski definition) is 7. The molecule has 1 atom stereocenters. The van der Waals surface area contributed by atoms with E-state index in [1.807, 2.05) is 26.1 Å². The summed E-state index contributed by atoms with van der Waals surface area (Å²) in [6, 6.07) is 2.30. The molecule has 0 aromatic carbocycles. The molecule has 8 nitrogen and oxygen atoms in total. The zero-order chi connectivity index (χ0) is 21.1. The van der Waals surface area contributed by atoms with Crippen molar-refractivity contribution in [3.8, 4) is 5.88 Å². The molecule has 0 aliphatic carbocycles. The van der Waals surface area contributed by atoms with Gasteiger partial charge in [0.25, 0.3) is 5.91 Å². The Morgan fingerprint density at radius 3 is 2.72 bits per heavy atom. The van der Waals surface area contributed by atoms with Gasteiger partial charge in [-0.05, 0) is 38.3 Å². The number of anilines is 1. The van der Waals surface area contributed by atoms with Crippen molar-refractivity contribution in [3.05, 3.63) is 40.5 Å². The number of aromatic nitrogens is 3. The number of nitrogens with one attached hydrogen (secondary N) is 1. The number of nitrogens with zero attached hydrogens (tertiary/aromatic N) is 5. The number of carbonyl (C=O) groups is 1. The minimum absolute atomic E-state index is 0.175. The molecule has 2 aromatic heterocycles. The highest BCUT2D eigenvalue weighted by molar-refractivity contribution is 5.90. The highest BCUT2D eigenvalue weighted by atomic mass is 16.5. The second-order valence-corrected chi connectivity index (χ2v) is 7.75. The first-order chi connectivity index (χ1) is 13.8. The van der Waals surface area contributed by atoms with E-state index in [1.54, 1.807) is 21.2 Å². The van der Waals surface area contributed by atoms with Crippen LogP contribution in [0, 0.1) is 20.8 Å². The Labute approximate surface area is 172 Å². The van der Waals surface area contributed by atoms with Crippen LogP contribution in [0.4, 0.5) is 5.82 Å². The van der Waals surface area contributed by atoms with E-state index in [2.05, 4.69) is 32.1 Å². The van der Waals surface area contributed by atoms with Gasteiger partial charge in [0.05, 0.1) is 7.11 Å². The van der Waals surface area contributed by atoms with Gasteiger partial charge in [0.2, 0.25) is 11.7 Å². The molecule has 0 radical (unpaired) electrons. The van der Waals surface area contributed by atoms with E-state index in [4.69, 9.17) is 4.74 Å². The smallest absolute Gasteiger partial charge is 0.291 e. The third-order valence-electron chi connectivity index (χ3n) is 5.43. The van der Waals surface area contributed by atoms with Crippen molar-refractivity contribution in [2.45, 2.75) is 39.8 Å².